The van der Waals surface area contributed by atoms with Crippen molar-refractivity contribution in [3.8, 4) is 0 Å². The summed E-state index contributed by atoms with van der Waals surface area (Å²) in [5.74, 6) is -0.0808. The van der Waals surface area contributed by atoms with Crippen molar-refractivity contribution in [3.05, 3.63) is 24.3 Å². The molecule has 0 aromatic carbocycles. The van der Waals surface area contributed by atoms with Gasteiger partial charge in [-0.2, -0.15) is 0 Å². The molecule has 70 heavy (non-hydrogen) atoms. The van der Waals surface area contributed by atoms with E-state index < -0.39 is 12.1 Å². The van der Waals surface area contributed by atoms with Gasteiger partial charge in [0.05, 0.1) is 25.4 Å². The molecule has 0 heterocycles. The van der Waals surface area contributed by atoms with E-state index in [4.69, 9.17) is 4.74 Å². The van der Waals surface area contributed by atoms with Gasteiger partial charge in [0.2, 0.25) is 5.91 Å². The van der Waals surface area contributed by atoms with Gasteiger partial charge in [-0.15, -0.1) is 0 Å². The Morgan fingerprint density at radius 2 is 0.671 bits per heavy atom. The minimum Gasteiger partial charge on any atom is -0.466 e. The summed E-state index contributed by atoms with van der Waals surface area (Å²) in [5.41, 5.74) is 0. The molecule has 0 bridgehead atoms. The second-order valence-corrected chi connectivity index (χ2v) is 21.7. The van der Waals surface area contributed by atoms with Crippen LogP contribution in [0.5, 0.6) is 0 Å². The predicted molar refractivity (Wildman–Crippen MR) is 306 cm³/mol. The number of esters is 1. The molecule has 414 valence electrons. The van der Waals surface area contributed by atoms with E-state index in [-0.39, 0.29) is 18.5 Å². The monoisotopic (exact) mass is 986 g/mol. The van der Waals surface area contributed by atoms with Crippen molar-refractivity contribution in [1.82, 2.24) is 5.32 Å². The van der Waals surface area contributed by atoms with Crippen molar-refractivity contribution < 1.29 is 24.5 Å². The molecule has 0 fully saturated rings. The number of hydrogen-bond acceptors (Lipinski definition) is 5. The van der Waals surface area contributed by atoms with Crippen LogP contribution in [0.25, 0.3) is 0 Å². The summed E-state index contributed by atoms with van der Waals surface area (Å²) in [6.07, 6.45) is 73.5. The van der Waals surface area contributed by atoms with Crippen LogP contribution >= 0.6 is 0 Å². The zero-order valence-electron chi connectivity index (χ0n) is 47.3. The number of carbonyl (C=O) groups is 2. The highest BCUT2D eigenvalue weighted by Gasteiger charge is 2.18. The van der Waals surface area contributed by atoms with E-state index in [2.05, 4.69) is 31.3 Å². The summed E-state index contributed by atoms with van der Waals surface area (Å²) in [6, 6.07) is -0.637. The van der Waals surface area contributed by atoms with Crippen LogP contribution in [0.4, 0.5) is 0 Å². The molecule has 0 aromatic heterocycles. The maximum atomic E-state index is 12.5. The van der Waals surface area contributed by atoms with Crippen LogP contribution in [0.3, 0.4) is 0 Å². The van der Waals surface area contributed by atoms with Crippen LogP contribution in [0.1, 0.15) is 348 Å². The first-order valence-corrected chi connectivity index (χ1v) is 31.6. The summed E-state index contributed by atoms with van der Waals surface area (Å²) in [4.78, 5) is 24.6. The molecule has 2 atom stereocenters. The lowest BCUT2D eigenvalue weighted by molar-refractivity contribution is -0.143. The zero-order valence-corrected chi connectivity index (χ0v) is 47.3. The van der Waals surface area contributed by atoms with E-state index in [0.29, 0.717) is 19.4 Å². The number of ether oxygens (including phenoxy) is 1. The van der Waals surface area contributed by atoms with Gasteiger partial charge in [-0.25, -0.2) is 0 Å². The summed E-state index contributed by atoms with van der Waals surface area (Å²) in [6.45, 7) is 4.91. The Kier molecular flexibility index (Phi) is 58.5. The smallest absolute Gasteiger partial charge is 0.305 e. The van der Waals surface area contributed by atoms with E-state index in [1.807, 2.05) is 6.08 Å². The molecule has 0 aliphatic rings. The highest BCUT2D eigenvalue weighted by molar-refractivity contribution is 5.76. The molecule has 6 heteroatoms. The molecule has 0 spiro atoms. The van der Waals surface area contributed by atoms with Crippen LogP contribution in [-0.4, -0.2) is 47.4 Å². The number of unbranched alkanes of at least 4 members (excludes halogenated alkanes) is 46. The van der Waals surface area contributed by atoms with Gasteiger partial charge in [-0.05, 0) is 57.8 Å². The number of allylic oxidation sites excluding steroid dienone is 3. The lowest BCUT2D eigenvalue weighted by Crippen LogP contribution is -2.45. The third-order valence-corrected chi connectivity index (χ3v) is 14.7. The van der Waals surface area contributed by atoms with E-state index in [0.717, 1.165) is 57.8 Å². The molecule has 2 unspecified atom stereocenters. The van der Waals surface area contributed by atoms with Crippen LogP contribution in [-0.2, 0) is 14.3 Å². The molecule has 3 N–H and O–H groups in total. The first kappa shape index (κ1) is 68.3. The number of hydrogen-bond donors (Lipinski definition) is 3. The molecule has 0 aromatic rings. The Hall–Kier alpha value is -1.66. The van der Waals surface area contributed by atoms with Gasteiger partial charge in [-0.1, -0.05) is 301 Å². The van der Waals surface area contributed by atoms with Crippen molar-refractivity contribution >= 4 is 11.9 Å². The van der Waals surface area contributed by atoms with Crippen molar-refractivity contribution in [2.45, 2.75) is 360 Å². The summed E-state index contributed by atoms with van der Waals surface area (Å²) in [7, 11) is 0. The van der Waals surface area contributed by atoms with Gasteiger partial charge in [0.1, 0.15) is 0 Å². The van der Waals surface area contributed by atoms with Crippen molar-refractivity contribution in [2.24, 2.45) is 0 Å². The third kappa shape index (κ3) is 55.7. The number of amides is 1. The second-order valence-electron chi connectivity index (χ2n) is 21.7. The zero-order chi connectivity index (χ0) is 50.7. The maximum Gasteiger partial charge on any atom is 0.305 e. The first-order chi connectivity index (χ1) is 34.5. The van der Waals surface area contributed by atoms with Crippen LogP contribution < -0.4 is 5.32 Å². The summed E-state index contributed by atoms with van der Waals surface area (Å²) in [5, 5.41) is 23.2. The normalized spacial score (nSPS) is 12.7. The Balaban J connectivity index is 3.46. The van der Waals surface area contributed by atoms with Gasteiger partial charge < -0.3 is 20.3 Å². The number of aliphatic hydroxyl groups excluding tert-OH is 2. The van der Waals surface area contributed by atoms with Gasteiger partial charge in [0.15, 0.2) is 0 Å². The number of rotatable bonds is 59. The van der Waals surface area contributed by atoms with Crippen LogP contribution in [0.2, 0.25) is 0 Å². The van der Waals surface area contributed by atoms with Crippen LogP contribution in [0.15, 0.2) is 24.3 Å². The molecule has 0 saturated heterocycles. The molecule has 0 rings (SSSR count). The highest BCUT2D eigenvalue weighted by atomic mass is 16.5. The van der Waals surface area contributed by atoms with Crippen molar-refractivity contribution in [1.29, 1.82) is 0 Å². The minimum absolute atomic E-state index is 0.00551. The molecule has 6 nitrogen and oxygen atoms in total. The Morgan fingerprint density at radius 1 is 0.386 bits per heavy atom. The average molecular weight is 987 g/mol. The van der Waals surface area contributed by atoms with Crippen molar-refractivity contribution in [2.75, 3.05) is 13.2 Å². The van der Waals surface area contributed by atoms with Crippen molar-refractivity contribution in [3.63, 3.8) is 0 Å². The van der Waals surface area contributed by atoms with Gasteiger partial charge >= 0.3 is 5.97 Å². The standard InChI is InChI=1S/C64H123NO5/c1-3-5-7-9-11-13-15-17-19-21-23-24-25-26-28-32-36-40-44-48-52-56-62(67)61(60-66)65-63(68)57-53-49-45-41-37-33-30-31-35-39-43-47-51-55-59-70-64(69)58-54-50-46-42-38-34-29-27-22-20-18-16-14-12-10-8-6-4-2/h20,22,52,56,61-62,66-67H,3-19,21,23-51,53-55,57-60H2,1-2H3,(H,65,68)/b22-20-,56-52+. The molecule has 0 aliphatic carbocycles. The van der Waals surface area contributed by atoms with Gasteiger partial charge in [0.25, 0.3) is 0 Å². The summed E-state index contributed by atoms with van der Waals surface area (Å²) < 4.78 is 5.49. The maximum absolute atomic E-state index is 12.5. The molecule has 0 aliphatic heterocycles. The molecular weight excluding hydrogens is 863 g/mol. The largest absolute Gasteiger partial charge is 0.466 e. The van der Waals surface area contributed by atoms with E-state index in [1.54, 1.807) is 6.08 Å². The van der Waals surface area contributed by atoms with Gasteiger partial charge in [-0.3, -0.25) is 9.59 Å². The van der Waals surface area contributed by atoms with E-state index >= 15 is 0 Å². The fraction of sp³-hybridized carbons (Fsp3) is 0.906. The third-order valence-electron chi connectivity index (χ3n) is 14.7. The topological polar surface area (TPSA) is 95.9 Å². The first-order valence-electron chi connectivity index (χ1n) is 31.6. The van der Waals surface area contributed by atoms with E-state index in [1.165, 1.54) is 263 Å². The molecule has 1 amide bonds. The van der Waals surface area contributed by atoms with Gasteiger partial charge in [0, 0.05) is 12.8 Å². The lowest BCUT2D eigenvalue weighted by atomic mass is 10.0. The molecule has 0 saturated carbocycles. The average Bonchev–Trinajstić information content (AvgIpc) is 3.36. The number of nitrogens with one attached hydrogen (secondary N) is 1. The van der Waals surface area contributed by atoms with Crippen LogP contribution in [0, 0.1) is 0 Å². The second kappa shape index (κ2) is 59.9. The number of aliphatic hydroxyl groups is 2. The Labute approximate surface area is 437 Å². The Morgan fingerprint density at radius 3 is 1.01 bits per heavy atom. The summed E-state index contributed by atoms with van der Waals surface area (Å²) >= 11 is 0. The highest BCUT2D eigenvalue weighted by Crippen LogP contribution is 2.18. The lowest BCUT2D eigenvalue weighted by Gasteiger charge is -2.20. The SMILES string of the molecule is CCCCCCCCC/C=C\CCCCCCCCCC(=O)OCCCCCCCCCCCCCCCCC(=O)NC(CO)C(O)/C=C/CCCCCCCCCCCCCCCCCCCCC. The number of carbonyl (C=O) groups excluding carboxylic acids is 2. The molecule has 0 radical (unpaired) electrons. The molecular formula is C64H123NO5. The van der Waals surface area contributed by atoms with E-state index in [9.17, 15) is 19.8 Å². The fourth-order valence-corrected chi connectivity index (χ4v) is 9.87. The Bertz CT molecular complexity index is 1090. The fourth-order valence-electron chi connectivity index (χ4n) is 9.87. The minimum atomic E-state index is -0.853. The quantitative estimate of drug-likeness (QED) is 0.0321. The predicted octanol–water partition coefficient (Wildman–Crippen LogP) is 19.8.